The summed E-state index contributed by atoms with van der Waals surface area (Å²) in [6.07, 6.45) is 1.02. The Balaban J connectivity index is 2.32. The average Bonchev–Trinajstić information content (AvgIpc) is 2.56. The molecule has 0 atom stereocenters. The van der Waals surface area contributed by atoms with Crippen LogP contribution in [0.4, 0.5) is 5.69 Å². The van der Waals surface area contributed by atoms with E-state index in [1.54, 1.807) is 0 Å². The minimum Gasteiger partial charge on any atom is -0.399 e. The average molecular weight is 189 g/mol. The SMILES string of the molecule is CNCCc1cc2ccc(N)cc2[nH]1. The van der Waals surface area contributed by atoms with Gasteiger partial charge in [0, 0.05) is 23.4 Å². The maximum atomic E-state index is 5.70. The van der Waals surface area contributed by atoms with Gasteiger partial charge in [0.15, 0.2) is 0 Å². The highest BCUT2D eigenvalue weighted by molar-refractivity contribution is 5.83. The van der Waals surface area contributed by atoms with Gasteiger partial charge in [0.05, 0.1) is 0 Å². The van der Waals surface area contributed by atoms with Crippen molar-refractivity contribution in [3.63, 3.8) is 0 Å². The third-order valence-electron chi connectivity index (χ3n) is 2.35. The number of fused-ring (bicyclic) bond motifs is 1. The lowest BCUT2D eigenvalue weighted by atomic mass is 10.2. The first-order valence-corrected chi connectivity index (χ1v) is 4.81. The van der Waals surface area contributed by atoms with Crippen LogP contribution in [-0.4, -0.2) is 18.6 Å². The monoisotopic (exact) mass is 189 g/mol. The summed E-state index contributed by atoms with van der Waals surface area (Å²) in [5, 5.41) is 4.35. The fourth-order valence-corrected chi connectivity index (χ4v) is 1.60. The molecular formula is C11H15N3. The molecule has 2 rings (SSSR count). The summed E-state index contributed by atoms with van der Waals surface area (Å²) in [6.45, 7) is 0.988. The molecule has 0 unspecified atom stereocenters. The number of nitrogens with two attached hydrogens (primary N) is 1. The second-order valence-electron chi connectivity index (χ2n) is 3.49. The molecule has 0 aliphatic carbocycles. The van der Waals surface area contributed by atoms with Crippen molar-refractivity contribution in [3.05, 3.63) is 30.0 Å². The molecule has 0 fully saturated rings. The van der Waals surface area contributed by atoms with Crippen LogP contribution >= 0.6 is 0 Å². The van der Waals surface area contributed by atoms with Gasteiger partial charge in [-0.1, -0.05) is 6.07 Å². The normalized spacial score (nSPS) is 10.9. The fourth-order valence-electron chi connectivity index (χ4n) is 1.60. The highest BCUT2D eigenvalue weighted by atomic mass is 14.8. The molecule has 0 radical (unpaired) electrons. The second kappa shape index (κ2) is 3.72. The van der Waals surface area contributed by atoms with E-state index >= 15 is 0 Å². The molecule has 4 N–H and O–H groups in total. The van der Waals surface area contributed by atoms with Gasteiger partial charge in [-0.15, -0.1) is 0 Å². The summed E-state index contributed by atoms with van der Waals surface area (Å²) in [5.74, 6) is 0. The number of likely N-dealkylation sites (N-methyl/N-ethyl adjacent to an activating group) is 1. The van der Waals surface area contributed by atoms with Gasteiger partial charge >= 0.3 is 0 Å². The molecule has 0 aliphatic rings. The summed E-state index contributed by atoms with van der Waals surface area (Å²) < 4.78 is 0. The van der Waals surface area contributed by atoms with E-state index in [1.807, 2.05) is 25.2 Å². The fraction of sp³-hybridized carbons (Fsp3) is 0.273. The molecule has 14 heavy (non-hydrogen) atoms. The quantitative estimate of drug-likeness (QED) is 0.641. The molecule has 0 bridgehead atoms. The molecule has 1 aromatic carbocycles. The largest absolute Gasteiger partial charge is 0.399 e. The lowest BCUT2D eigenvalue weighted by molar-refractivity contribution is 0.781. The number of hydrogen-bond acceptors (Lipinski definition) is 2. The Bertz CT molecular complexity index is 431. The zero-order chi connectivity index (χ0) is 9.97. The summed E-state index contributed by atoms with van der Waals surface area (Å²) in [5.41, 5.74) is 8.88. The van der Waals surface area contributed by atoms with E-state index in [-0.39, 0.29) is 0 Å². The maximum absolute atomic E-state index is 5.70. The Hall–Kier alpha value is -1.48. The van der Waals surface area contributed by atoms with E-state index in [0.29, 0.717) is 0 Å². The zero-order valence-corrected chi connectivity index (χ0v) is 8.30. The van der Waals surface area contributed by atoms with E-state index in [9.17, 15) is 0 Å². The van der Waals surface area contributed by atoms with Crippen molar-refractivity contribution in [1.82, 2.24) is 10.3 Å². The van der Waals surface area contributed by atoms with Crippen molar-refractivity contribution in [2.75, 3.05) is 19.3 Å². The molecule has 0 aliphatic heterocycles. The number of aromatic nitrogens is 1. The number of nitrogen functional groups attached to an aromatic ring is 1. The molecule has 3 heteroatoms. The Kier molecular flexibility index (Phi) is 2.41. The van der Waals surface area contributed by atoms with Crippen molar-refractivity contribution in [2.45, 2.75) is 6.42 Å². The van der Waals surface area contributed by atoms with Gasteiger partial charge in [-0.3, -0.25) is 0 Å². The maximum Gasteiger partial charge on any atom is 0.0476 e. The highest BCUT2D eigenvalue weighted by Crippen LogP contribution is 2.18. The Morgan fingerprint density at radius 2 is 2.21 bits per heavy atom. The van der Waals surface area contributed by atoms with Gasteiger partial charge in [-0.25, -0.2) is 0 Å². The number of benzene rings is 1. The predicted octanol–water partition coefficient (Wildman–Crippen LogP) is 1.51. The molecule has 2 aromatic rings. The van der Waals surface area contributed by atoms with Crippen molar-refractivity contribution in [2.24, 2.45) is 0 Å². The summed E-state index contributed by atoms with van der Waals surface area (Å²) in [6, 6.07) is 8.12. The van der Waals surface area contributed by atoms with Gasteiger partial charge < -0.3 is 16.0 Å². The van der Waals surface area contributed by atoms with Crippen LogP contribution in [0.3, 0.4) is 0 Å². The van der Waals surface area contributed by atoms with Gasteiger partial charge in [-0.2, -0.15) is 0 Å². The highest BCUT2D eigenvalue weighted by Gasteiger charge is 1.99. The van der Waals surface area contributed by atoms with Gasteiger partial charge in [0.2, 0.25) is 0 Å². The Labute approximate surface area is 83.3 Å². The molecule has 0 saturated carbocycles. The van der Waals surface area contributed by atoms with Crippen LogP contribution in [0, 0.1) is 0 Å². The van der Waals surface area contributed by atoms with Crippen molar-refractivity contribution in [1.29, 1.82) is 0 Å². The summed E-state index contributed by atoms with van der Waals surface area (Å²) >= 11 is 0. The number of rotatable bonds is 3. The van der Waals surface area contributed by atoms with Crippen molar-refractivity contribution in [3.8, 4) is 0 Å². The molecule has 0 saturated heterocycles. The minimum absolute atomic E-state index is 0.805. The first-order chi connectivity index (χ1) is 6.79. The van der Waals surface area contributed by atoms with E-state index < -0.39 is 0 Å². The molecule has 74 valence electrons. The molecule has 0 amide bonds. The van der Waals surface area contributed by atoms with Crippen LogP contribution in [0.1, 0.15) is 5.69 Å². The van der Waals surface area contributed by atoms with Crippen LogP contribution in [-0.2, 0) is 6.42 Å². The number of nitrogens with one attached hydrogen (secondary N) is 2. The lowest BCUT2D eigenvalue weighted by Crippen LogP contribution is -2.10. The molecular weight excluding hydrogens is 174 g/mol. The zero-order valence-electron chi connectivity index (χ0n) is 8.30. The third kappa shape index (κ3) is 1.72. The van der Waals surface area contributed by atoms with Gasteiger partial charge in [-0.05, 0) is 37.1 Å². The Morgan fingerprint density at radius 1 is 1.36 bits per heavy atom. The van der Waals surface area contributed by atoms with Crippen molar-refractivity contribution < 1.29 is 0 Å². The van der Waals surface area contributed by atoms with Crippen LogP contribution in [0.15, 0.2) is 24.3 Å². The summed E-state index contributed by atoms with van der Waals surface area (Å²) in [7, 11) is 1.96. The number of aromatic amines is 1. The number of anilines is 1. The third-order valence-corrected chi connectivity index (χ3v) is 2.35. The van der Waals surface area contributed by atoms with E-state index in [1.165, 1.54) is 11.1 Å². The van der Waals surface area contributed by atoms with Crippen molar-refractivity contribution >= 4 is 16.6 Å². The topological polar surface area (TPSA) is 53.8 Å². The van der Waals surface area contributed by atoms with E-state index in [4.69, 9.17) is 5.73 Å². The minimum atomic E-state index is 0.805. The van der Waals surface area contributed by atoms with Gasteiger partial charge in [0.1, 0.15) is 0 Å². The molecule has 3 nitrogen and oxygen atoms in total. The standard InChI is InChI=1S/C11H15N3/c1-13-5-4-10-6-8-2-3-9(12)7-11(8)14-10/h2-3,6-7,13-14H,4-5,12H2,1H3. The van der Waals surface area contributed by atoms with Gasteiger partial charge in [0.25, 0.3) is 0 Å². The number of hydrogen-bond donors (Lipinski definition) is 3. The second-order valence-corrected chi connectivity index (χ2v) is 3.49. The molecule has 1 heterocycles. The van der Waals surface area contributed by atoms with Crippen LogP contribution in [0.25, 0.3) is 10.9 Å². The smallest absolute Gasteiger partial charge is 0.0476 e. The van der Waals surface area contributed by atoms with Crippen LogP contribution < -0.4 is 11.1 Å². The molecule has 0 spiro atoms. The van der Waals surface area contributed by atoms with Crippen LogP contribution in [0.2, 0.25) is 0 Å². The molecule has 1 aromatic heterocycles. The lowest BCUT2D eigenvalue weighted by Gasteiger charge is -1.94. The van der Waals surface area contributed by atoms with Crippen LogP contribution in [0.5, 0.6) is 0 Å². The predicted molar refractivity (Wildman–Crippen MR) is 60.3 cm³/mol. The van der Waals surface area contributed by atoms with E-state index in [0.717, 1.165) is 24.2 Å². The first-order valence-electron chi connectivity index (χ1n) is 4.81. The van der Waals surface area contributed by atoms with E-state index in [2.05, 4.69) is 16.4 Å². The summed E-state index contributed by atoms with van der Waals surface area (Å²) in [4.78, 5) is 3.35. The first kappa shape index (κ1) is 9.09. The Morgan fingerprint density at radius 3 is 3.00 bits per heavy atom. The number of H-pyrrole nitrogens is 1.